The van der Waals surface area contributed by atoms with Crippen molar-refractivity contribution in [1.29, 1.82) is 0 Å². The number of thioether (sulfide) groups is 1. The number of nitrogens with zero attached hydrogens (tertiary/aromatic N) is 1. The summed E-state index contributed by atoms with van der Waals surface area (Å²) in [4.78, 5) is 14.0. The molecule has 5 heteroatoms. The van der Waals surface area contributed by atoms with Crippen molar-refractivity contribution >= 4 is 17.7 Å². The molecule has 1 heterocycles. The van der Waals surface area contributed by atoms with Crippen molar-refractivity contribution in [2.45, 2.75) is 19.9 Å². The molecule has 0 aromatic rings. The lowest BCUT2D eigenvalue weighted by Crippen LogP contribution is -2.46. The molecule has 1 atom stereocenters. The van der Waals surface area contributed by atoms with Gasteiger partial charge in [0.25, 0.3) is 0 Å². The van der Waals surface area contributed by atoms with Gasteiger partial charge in [-0.2, -0.15) is 11.8 Å². The van der Waals surface area contributed by atoms with E-state index in [1.165, 1.54) is 11.5 Å². The van der Waals surface area contributed by atoms with E-state index < -0.39 is 0 Å². The van der Waals surface area contributed by atoms with Crippen LogP contribution in [0.15, 0.2) is 0 Å². The van der Waals surface area contributed by atoms with Gasteiger partial charge in [0.05, 0.1) is 6.04 Å². The molecule has 16 heavy (non-hydrogen) atoms. The first-order valence-electron chi connectivity index (χ1n) is 5.94. The number of nitrogens with one attached hydrogen (secondary N) is 1. The van der Waals surface area contributed by atoms with E-state index in [0.717, 1.165) is 19.6 Å². The monoisotopic (exact) mass is 245 g/mol. The first-order valence-corrected chi connectivity index (χ1v) is 7.10. The molecule has 4 nitrogen and oxygen atoms in total. The molecule has 1 rings (SSSR count). The lowest BCUT2D eigenvalue weighted by atomic mass is 10.1. The zero-order valence-electron chi connectivity index (χ0n) is 10.2. The molecule has 0 bridgehead atoms. The lowest BCUT2D eigenvalue weighted by Gasteiger charge is -2.26. The van der Waals surface area contributed by atoms with Crippen LogP contribution in [0.1, 0.15) is 13.8 Å². The van der Waals surface area contributed by atoms with Gasteiger partial charge < -0.3 is 11.1 Å². The summed E-state index contributed by atoms with van der Waals surface area (Å²) in [5.41, 5.74) is 5.75. The number of carbonyl (C=O) groups excluding carboxylic acids is 1. The zero-order chi connectivity index (χ0) is 12.0. The van der Waals surface area contributed by atoms with Gasteiger partial charge in [0.1, 0.15) is 0 Å². The second-order valence-corrected chi connectivity index (χ2v) is 5.74. The molecule has 1 aliphatic heterocycles. The molecule has 94 valence electrons. The van der Waals surface area contributed by atoms with E-state index in [9.17, 15) is 4.79 Å². The molecule has 3 N–H and O–H groups in total. The van der Waals surface area contributed by atoms with Crippen LogP contribution in [-0.4, -0.2) is 54.5 Å². The molecule has 0 aromatic carbocycles. The number of hydrogen-bond acceptors (Lipinski definition) is 4. The Bertz CT molecular complexity index is 217. The van der Waals surface area contributed by atoms with E-state index in [1.54, 1.807) is 0 Å². The molecular formula is C11H23N3OS. The Kier molecular flexibility index (Phi) is 6.16. The average molecular weight is 245 g/mol. The van der Waals surface area contributed by atoms with E-state index >= 15 is 0 Å². The van der Waals surface area contributed by atoms with Crippen LogP contribution in [0, 0.1) is 5.92 Å². The third-order valence-corrected chi connectivity index (χ3v) is 3.79. The first-order chi connectivity index (χ1) is 7.61. The highest BCUT2D eigenvalue weighted by Gasteiger charge is 2.17. The molecule has 0 aromatic heterocycles. The van der Waals surface area contributed by atoms with Gasteiger partial charge in [-0.05, 0) is 5.92 Å². The normalized spacial score (nSPS) is 19.8. The predicted octanol–water partition coefficient (Wildman–Crippen LogP) is 0.135. The standard InChI is InChI=1S/C11H23N3OS/c1-9(2)10(12)11(15)13-3-4-14-5-7-16-8-6-14/h9-10H,3-8,12H2,1-2H3,(H,13,15). The molecule has 1 saturated heterocycles. The molecule has 0 spiro atoms. The van der Waals surface area contributed by atoms with Crippen LogP contribution in [0.25, 0.3) is 0 Å². The third-order valence-electron chi connectivity index (χ3n) is 2.85. The Balaban J connectivity index is 2.12. The maximum Gasteiger partial charge on any atom is 0.237 e. The fourth-order valence-electron chi connectivity index (χ4n) is 1.58. The number of nitrogens with two attached hydrogens (primary N) is 1. The average Bonchev–Trinajstić information content (AvgIpc) is 2.29. The topological polar surface area (TPSA) is 58.4 Å². The minimum Gasteiger partial charge on any atom is -0.353 e. The van der Waals surface area contributed by atoms with Gasteiger partial charge in [0.15, 0.2) is 0 Å². The van der Waals surface area contributed by atoms with E-state index in [-0.39, 0.29) is 17.9 Å². The largest absolute Gasteiger partial charge is 0.353 e. The minimum atomic E-state index is -0.378. The Morgan fingerprint density at radius 1 is 1.44 bits per heavy atom. The third kappa shape index (κ3) is 4.72. The Hall–Kier alpha value is -0.260. The number of carbonyl (C=O) groups is 1. The molecule has 0 aliphatic carbocycles. The summed E-state index contributed by atoms with van der Waals surface area (Å²) >= 11 is 2.00. The summed E-state index contributed by atoms with van der Waals surface area (Å²) < 4.78 is 0. The van der Waals surface area contributed by atoms with Crippen LogP contribution in [0.3, 0.4) is 0 Å². The molecule has 1 amide bonds. The van der Waals surface area contributed by atoms with Crippen molar-refractivity contribution in [3.05, 3.63) is 0 Å². The summed E-state index contributed by atoms with van der Waals surface area (Å²) in [6.45, 7) is 7.85. The van der Waals surface area contributed by atoms with Gasteiger partial charge >= 0.3 is 0 Å². The highest BCUT2D eigenvalue weighted by atomic mass is 32.2. The van der Waals surface area contributed by atoms with Crippen molar-refractivity contribution in [3.63, 3.8) is 0 Å². The Morgan fingerprint density at radius 2 is 2.06 bits per heavy atom. The van der Waals surface area contributed by atoms with Gasteiger partial charge in [-0.1, -0.05) is 13.8 Å². The summed E-state index contributed by atoms with van der Waals surface area (Å²) in [7, 11) is 0. The smallest absolute Gasteiger partial charge is 0.237 e. The fraction of sp³-hybridized carbons (Fsp3) is 0.909. The van der Waals surface area contributed by atoms with Gasteiger partial charge in [0.2, 0.25) is 5.91 Å². The maximum atomic E-state index is 11.6. The second kappa shape index (κ2) is 7.14. The summed E-state index contributed by atoms with van der Waals surface area (Å²) in [6, 6.07) is -0.378. The van der Waals surface area contributed by atoms with Gasteiger partial charge in [-0.25, -0.2) is 0 Å². The SMILES string of the molecule is CC(C)C(N)C(=O)NCCN1CCSCC1. The fourth-order valence-corrected chi connectivity index (χ4v) is 2.56. The molecule has 1 fully saturated rings. The van der Waals surface area contributed by atoms with Crippen molar-refractivity contribution in [2.75, 3.05) is 37.7 Å². The quantitative estimate of drug-likeness (QED) is 0.723. The van der Waals surface area contributed by atoms with Crippen LogP contribution in [0.2, 0.25) is 0 Å². The molecule has 1 unspecified atom stereocenters. The highest BCUT2D eigenvalue weighted by Crippen LogP contribution is 2.07. The van der Waals surface area contributed by atoms with Gasteiger partial charge in [-0.15, -0.1) is 0 Å². The van der Waals surface area contributed by atoms with Gasteiger partial charge in [0, 0.05) is 37.7 Å². The van der Waals surface area contributed by atoms with Crippen LogP contribution < -0.4 is 11.1 Å². The van der Waals surface area contributed by atoms with Crippen molar-refractivity contribution in [3.8, 4) is 0 Å². The Morgan fingerprint density at radius 3 is 2.62 bits per heavy atom. The maximum absolute atomic E-state index is 11.6. The molecule has 0 radical (unpaired) electrons. The van der Waals surface area contributed by atoms with E-state index in [2.05, 4.69) is 10.2 Å². The molecule has 1 aliphatic rings. The van der Waals surface area contributed by atoms with Crippen molar-refractivity contribution in [2.24, 2.45) is 11.7 Å². The van der Waals surface area contributed by atoms with E-state index in [0.29, 0.717) is 6.54 Å². The van der Waals surface area contributed by atoms with E-state index in [4.69, 9.17) is 5.73 Å². The predicted molar refractivity (Wildman–Crippen MR) is 69.6 cm³/mol. The number of amides is 1. The first kappa shape index (κ1) is 13.8. The van der Waals surface area contributed by atoms with E-state index in [1.807, 2.05) is 25.6 Å². The summed E-state index contributed by atoms with van der Waals surface area (Å²) in [5, 5.41) is 2.90. The lowest BCUT2D eigenvalue weighted by molar-refractivity contribution is -0.123. The highest BCUT2D eigenvalue weighted by molar-refractivity contribution is 7.99. The summed E-state index contributed by atoms with van der Waals surface area (Å²) in [5.74, 6) is 2.59. The molecular weight excluding hydrogens is 222 g/mol. The summed E-state index contributed by atoms with van der Waals surface area (Å²) in [6.07, 6.45) is 0. The number of hydrogen-bond donors (Lipinski definition) is 2. The van der Waals surface area contributed by atoms with Crippen molar-refractivity contribution < 1.29 is 4.79 Å². The molecule has 0 saturated carbocycles. The number of rotatable bonds is 5. The Labute approximate surface area is 102 Å². The van der Waals surface area contributed by atoms with Crippen LogP contribution in [0.4, 0.5) is 0 Å². The minimum absolute atomic E-state index is 0.0265. The van der Waals surface area contributed by atoms with Crippen LogP contribution in [0.5, 0.6) is 0 Å². The zero-order valence-corrected chi connectivity index (χ0v) is 11.1. The van der Waals surface area contributed by atoms with Crippen molar-refractivity contribution in [1.82, 2.24) is 10.2 Å². The van der Waals surface area contributed by atoms with Crippen LogP contribution in [-0.2, 0) is 4.79 Å². The van der Waals surface area contributed by atoms with Crippen LogP contribution >= 0.6 is 11.8 Å². The second-order valence-electron chi connectivity index (χ2n) is 4.51. The van der Waals surface area contributed by atoms with Gasteiger partial charge in [-0.3, -0.25) is 9.69 Å².